The molecular formula is C14H12F3NO. The zero-order chi connectivity index (χ0) is 14.0. The van der Waals surface area contributed by atoms with E-state index in [-0.39, 0.29) is 5.56 Å². The van der Waals surface area contributed by atoms with Gasteiger partial charge < -0.3 is 5.11 Å². The minimum absolute atomic E-state index is 0.127. The van der Waals surface area contributed by atoms with Crippen LogP contribution in [0.4, 0.5) is 13.2 Å². The molecule has 1 aromatic heterocycles. The van der Waals surface area contributed by atoms with Crippen LogP contribution in [0.15, 0.2) is 36.7 Å². The van der Waals surface area contributed by atoms with E-state index in [1.54, 1.807) is 18.3 Å². The Morgan fingerprint density at radius 2 is 1.95 bits per heavy atom. The highest BCUT2D eigenvalue weighted by Crippen LogP contribution is 2.35. The maximum absolute atomic E-state index is 12.9. The van der Waals surface area contributed by atoms with Crippen LogP contribution in [0.3, 0.4) is 0 Å². The highest BCUT2D eigenvalue weighted by Gasteiger charge is 2.33. The Labute approximate surface area is 108 Å². The van der Waals surface area contributed by atoms with Gasteiger partial charge in [0.1, 0.15) is 0 Å². The molecule has 0 aliphatic heterocycles. The topological polar surface area (TPSA) is 33.1 Å². The number of halogens is 3. The molecular weight excluding hydrogens is 255 g/mol. The maximum atomic E-state index is 12.9. The van der Waals surface area contributed by atoms with Crippen molar-refractivity contribution in [2.24, 2.45) is 0 Å². The minimum Gasteiger partial charge on any atom is -0.392 e. The van der Waals surface area contributed by atoms with Gasteiger partial charge in [-0.3, -0.25) is 4.98 Å². The van der Waals surface area contributed by atoms with Gasteiger partial charge in [-0.15, -0.1) is 0 Å². The number of aliphatic hydroxyl groups is 1. The van der Waals surface area contributed by atoms with Crippen molar-refractivity contribution in [1.29, 1.82) is 0 Å². The van der Waals surface area contributed by atoms with E-state index in [1.807, 2.05) is 6.92 Å². The van der Waals surface area contributed by atoms with Gasteiger partial charge in [0.15, 0.2) is 0 Å². The summed E-state index contributed by atoms with van der Waals surface area (Å²) >= 11 is 0. The molecule has 5 heteroatoms. The third-order valence-corrected chi connectivity index (χ3v) is 2.94. The molecule has 2 nitrogen and oxygen atoms in total. The average Bonchev–Trinajstić information content (AvgIpc) is 2.37. The van der Waals surface area contributed by atoms with Crippen molar-refractivity contribution in [1.82, 2.24) is 4.98 Å². The van der Waals surface area contributed by atoms with E-state index in [0.29, 0.717) is 11.1 Å². The van der Waals surface area contributed by atoms with Crippen LogP contribution in [0.25, 0.3) is 11.1 Å². The van der Waals surface area contributed by atoms with Crippen LogP contribution >= 0.6 is 0 Å². The van der Waals surface area contributed by atoms with Crippen molar-refractivity contribution in [3.8, 4) is 11.1 Å². The van der Waals surface area contributed by atoms with Crippen molar-refractivity contribution in [2.75, 3.05) is 0 Å². The van der Waals surface area contributed by atoms with E-state index in [2.05, 4.69) is 4.98 Å². The number of aliphatic hydroxyl groups excluding tert-OH is 1. The summed E-state index contributed by atoms with van der Waals surface area (Å²) in [6.07, 6.45) is -1.36. The van der Waals surface area contributed by atoms with E-state index >= 15 is 0 Å². The largest absolute Gasteiger partial charge is 0.416 e. The first-order chi connectivity index (χ1) is 8.93. The lowest BCUT2D eigenvalue weighted by molar-refractivity contribution is -0.138. The number of rotatable bonds is 2. The quantitative estimate of drug-likeness (QED) is 0.902. The van der Waals surface area contributed by atoms with Gasteiger partial charge in [0.05, 0.1) is 12.2 Å². The number of aryl methyl sites for hydroxylation is 1. The van der Waals surface area contributed by atoms with Gasteiger partial charge in [-0.25, -0.2) is 0 Å². The number of hydrogen-bond donors (Lipinski definition) is 1. The van der Waals surface area contributed by atoms with Gasteiger partial charge in [0.25, 0.3) is 0 Å². The summed E-state index contributed by atoms with van der Waals surface area (Å²) in [7, 11) is 0. The molecule has 1 N–H and O–H groups in total. The molecule has 0 bridgehead atoms. The Balaban J connectivity index is 2.59. The summed E-state index contributed by atoms with van der Waals surface area (Å²) in [6.45, 7) is 1.17. The molecule has 0 radical (unpaired) electrons. The Kier molecular flexibility index (Phi) is 3.57. The Bertz CT molecular complexity index is 593. The van der Waals surface area contributed by atoms with Crippen molar-refractivity contribution in [3.05, 3.63) is 53.3 Å². The lowest BCUT2D eigenvalue weighted by Crippen LogP contribution is -2.09. The predicted octanol–water partition coefficient (Wildman–Crippen LogP) is 3.57. The molecule has 0 aliphatic carbocycles. The first-order valence-corrected chi connectivity index (χ1v) is 5.65. The summed E-state index contributed by atoms with van der Waals surface area (Å²) in [5.41, 5.74) is 1.00. The molecule has 0 spiro atoms. The number of benzene rings is 1. The second kappa shape index (κ2) is 5.01. The fourth-order valence-corrected chi connectivity index (χ4v) is 1.91. The van der Waals surface area contributed by atoms with Crippen LogP contribution in [0, 0.1) is 6.92 Å². The summed E-state index contributed by atoms with van der Waals surface area (Å²) in [5.74, 6) is 0. The molecule has 100 valence electrons. The monoisotopic (exact) mass is 267 g/mol. The highest BCUT2D eigenvalue weighted by molar-refractivity contribution is 5.67. The third kappa shape index (κ3) is 2.76. The first kappa shape index (κ1) is 13.5. The molecule has 0 saturated heterocycles. The zero-order valence-corrected chi connectivity index (χ0v) is 10.2. The molecule has 0 unspecified atom stereocenters. The second-order valence-electron chi connectivity index (χ2n) is 4.22. The normalized spacial score (nSPS) is 11.6. The van der Waals surface area contributed by atoms with E-state index in [1.165, 1.54) is 12.3 Å². The summed E-state index contributed by atoms with van der Waals surface area (Å²) < 4.78 is 38.7. The van der Waals surface area contributed by atoms with E-state index in [4.69, 9.17) is 5.11 Å². The van der Waals surface area contributed by atoms with E-state index in [9.17, 15) is 13.2 Å². The standard InChI is InChI=1S/C14H12F3NO/c1-9-4-5-18-7-12(9)10-2-3-11(8-19)13(6-10)14(15,16)17/h2-7,19H,8H2,1H3. The smallest absolute Gasteiger partial charge is 0.392 e. The number of aromatic nitrogens is 1. The Hall–Kier alpha value is -1.88. The predicted molar refractivity (Wildman–Crippen MR) is 65.3 cm³/mol. The Morgan fingerprint density at radius 3 is 2.53 bits per heavy atom. The van der Waals surface area contributed by atoms with Crippen molar-refractivity contribution >= 4 is 0 Å². The van der Waals surface area contributed by atoms with Crippen LogP contribution in [0.2, 0.25) is 0 Å². The SMILES string of the molecule is Cc1ccncc1-c1ccc(CO)c(C(F)(F)F)c1. The Morgan fingerprint density at radius 1 is 1.21 bits per heavy atom. The third-order valence-electron chi connectivity index (χ3n) is 2.94. The maximum Gasteiger partial charge on any atom is 0.416 e. The van der Waals surface area contributed by atoms with Gasteiger partial charge in [-0.2, -0.15) is 13.2 Å². The minimum atomic E-state index is -4.48. The molecule has 0 fully saturated rings. The van der Waals surface area contributed by atoms with E-state index in [0.717, 1.165) is 11.6 Å². The first-order valence-electron chi connectivity index (χ1n) is 5.65. The van der Waals surface area contributed by atoms with Gasteiger partial charge in [0, 0.05) is 18.0 Å². The highest BCUT2D eigenvalue weighted by atomic mass is 19.4. The lowest BCUT2D eigenvalue weighted by Gasteiger charge is -2.14. The molecule has 1 heterocycles. The molecule has 2 rings (SSSR count). The number of nitrogens with zero attached hydrogens (tertiary/aromatic N) is 1. The molecule has 0 atom stereocenters. The zero-order valence-electron chi connectivity index (χ0n) is 10.2. The fraction of sp³-hybridized carbons (Fsp3) is 0.214. The van der Waals surface area contributed by atoms with Crippen molar-refractivity contribution < 1.29 is 18.3 Å². The molecule has 2 aromatic rings. The van der Waals surface area contributed by atoms with Gasteiger partial charge in [0.2, 0.25) is 0 Å². The molecule has 0 aliphatic rings. The number of alkyl halides is 3. The van der Waals surface area contributed by atoms with Crippen LogP contribution < -0.4 is 0 Å². The number of hydrogen-bond acceptors (Lipinski definition) is 2. The lowest BCUT2D eigenvalue weighted by atomic mass is 9.97. The van der Waals surface area contributed by atoms with Crippen LogP contribution in [-0.4, -0.2) is 10.1 Å². The van der Waals surface area contributed by atoms with Crippen LogP contribution in [-0.2, 0) is 12.8 Å². The fourth-order valence-electron chi connectivity index (χ4n) is 1.91. The summed E-state index contributed by atoms with van der Waals surface area (Å²) in [6, 6.07) is 5.65. The van der Waals surface area contributed by atoms with Gasteiger partial charge in [-0.1, -0.05) is 12.1 Å². The summed E-state index contributed by atoms with van der Waals surface area (Å²) in [5, 5.41) is 8.99. The molecule has 1 aromatic carbocycles. The van der Waals surface area contributed by atoms with Crippen molar-refractivity contribution in [3.63, 3.8) is 0 Å². The van der Waals surface area contributed by atoms with Gasteiger partial charge in [-0.05, 0) is 35.7 Å². The summed E-state index contributed by atoms with van der Waals surface area (Å²) in [4.78, 5) is 3.93. The number of pyridine rings is 1. The van der Waals surface area contributed by atoms with Gasteiger partial charge >= 0.3 is 6.18 Å². The average molecular weight is 267 g/mol. The van der Waals surface area contributed by atoms with Crippen LogP contribution in [0.1, 0.15) is 16.7 Å². The molecule has 0 saturated carbocycles. The van der Waals surface area contributed by atoms with Crippen molar-refractivity contribution in [2.45, 2.75) is 19.7 Å². The van der Waals surface area contributed by atoms with E-state index < -0.39 is 18.3 Å². The second-order valence-corrected chi connectivity index (χ2v) is 4.22. The van der Waals surface area contributed by atoms with Crippen LogP contribution in [0.5, 0.6) is 0 Å². The molecule has 19 heavy (non-hydrogen) atoms. The molecule has 0 amide bonds.